The number of rotatable bonds is 5. The van der Waals surface area contributed by atoms with Crippen molar-refractivity contribution in [1.29, 1.82) is 0 Å². The van der Waals surface area contributed by atoms with Gasteiger partial charge in [-0.25, -0.2) is 23.1 Å². The zero-order chi connectivity index (χ0) is 15.3. The van der Waals surface area contributed by atoms with Crippen molar-refractivity contribution in [3.8, 4) is 0 Å². The molecule has 20 heavy (non-hydrogen) atoms. The molecule has 2 amide bonds. The second kappa shape index (κ2) is 6.55. The molecular weight excluding hydrogens is 310 g/mol. The highest BCUT2D eigenvalue weighted by Gasteiger charge is 2.16. The highest BCUT2D eigenvalue weighted by Crippen LogP contribution is 2.24. The van der Waals surface area contributed by atoms with Crippen LogP contribution in [-0.4, -0.2) is 37.8 Å². The van der Waals surface area contributed by atoms with Gasteiger partial charge in [0.15, 0.2) is 0 Å². The van der Waals surface area contributed by atoms with E-state index in [9.17, 15) is 18.0 Å². The number of hydrogen-bond acceptors (Lipinski definition) is 4. The molecule has 0 aliphatic carbocycles. The number of halogens is 1. The Hall–Kier alpha value is -1.84. The Balaban J connectivity index is 2.72. The number of urea groups is 1. The summed E-state index contributed by atoms with van der Waals surface area (Å²) in [5.41, 5.74) is -0.256. The van der Waals surface area contributed by atoms with E-state index in [1.54, 1.807) is 0 Å². The third-order valence-corrected chi connectivity index (χ3v) is 3.24. The molecule has 10 heteroatoms. The van der Waals surface area contributed by atoms with E-state index in [-0.39, 0.29) is 22.8 Å². The normalized spacial score (nSPS) is 10.9. The van der Waals surface area contributed by atoms with Gasteiger partial charge in [-0.2, -0.15) is 0 Å². The number of sulfonamides is 1. The predicted octanol–water partition coefficient (Wildman–Crippen LogP) is 0.448. The number of carbonyl (C=O) groups is 2. The molecule has 1 rings (SSSR count). The number of nitrogens with two attached hydrogens (primary N) is 1. The number of primary sulfonamides is 1. The van der Waals surface area contributed by atoms with E-state index in [2.05, 4.69) is 10.6 Å². The van der Waals surface area contributed by atoms with Crippen LogP contribution in [0.1, 0.15) is 10.4 Å². The Bertz CT molecular complexity index is 632. The van der Waals surface area contributed by atoms with Gasteiger partial charge >= 0.3 is 12.0 Å². The molecule has 110 valence electrons. The van der Waals surface area contributed by atoms with E-state index in [1.165, 1.54) is 18.2 Å². The molecule has 0 atom stereocenters. The number of aromatic carboxylic acids is 1. The minimum atomic E-state index is -3.68. The summed E-state index contributed by atoms with van der Waals surface area (Å²) in [4.78, 5) is 22.5. The van der Waals surface area contributed by atoms with E-state index in [4.69, 9.17) is 21.8 Å². The average Bonchev–Trinajstić information content (AvgIpc) is 2.26. The molecule has 0 aliphatic heterocycles. The van der Waals surface area contributed by atoms with Gasteiger partial charge in [0.2, 0.25) is 10.0 Å². The first-order chi connectivity index (χ1) is 9.20. The highest BCUT2D eigenvalue weighted by atomic mass is 35.5. The number of carbonyl (C=O) groups excluding carboxylic acids is 1. The van der Waals surface area contributed by atoms with Gasteiger partial charge in [-0.1, -0.05) is 17.7 Å². The van der Waals surface area contributed by atoms with Crippen LogP contribution in [0.5, 0.6) is 0 Å². The number of anilines is 1. The summed E-state index contributed by atoms with van der Waals surface area (Å²) in [6.07, 6.45) is 0. The summed E-state index contributed by atoms with van der Waals surface area (Å²) in [7, 11) is -3.68. The lowest BCUT2D eigenvalue weighted by Crippen LogP contribution is -2.34. The van der Waals surface area contributed by atoms with Crippen LogP contribution in [0.3, 0.4) is 0 Å². The van der Waals surface area contributed by atoms with Gasteiger partial charge in [0.1, 0.15) is 5.56 Å². The standard InChI is InChI=1S/C10H12ClN3O5S/c11-6-2-1-3-7(8(6)9(15)16)14-10(17)13-4-5-20(12,18)19/h1-3H,4-5H2,(H,15,16)(H2,12,18,19)(H2,13,14,17). The van der Waals surface area contributed by atoms with Crippen molar-refractivity contribution in [2.24, 2.45) is 5.14 Å². The van der Waals surface area contributed by atoms with Crippen molar-refractivity contribution in [2.75, 3.05) is 17.6 Å². The number of hydrogen-bond donors (Lipinski definition) is 4. The molecule has 0 aliphatic rings. The Morgan fingerprint density at radius 1 is 1.35 bits per heavy atom. The number of carboxylic acids is 1. The molecule has 5 N–H and O–H groups in total. The fourth-order valence-corrected chi connectivity index (χ4v) is 1.96. The van der Waals surface area contributed by atoms with Crippen LogP contribution in [0.4, 0.5) is 10.5 Å². The maximum atomic E-state index is 11.5. The predicted molar refractivity (Wildman–Crippen MR) is 73.4 cm³/mol. The van der Waals surface area contributed by atoms with Crippen LogP contribution < -0.4 is 15.8 Å². The first kappa shape index (κ1) is 16.2. The largest absolute Gasteiger partial charge is 0.478 e. The molecule has 0 saturated heterocycles. The molecule has 0 fully saturated rings. The number of benzene rings is 1. The maximum Gasteiger partial charge on any atom is 0.339 e. The molecule has 0 bridgehead atoms. The van der Waals surface area contributed by atoms with Crippen molar-refractivity contribution in [3.63, 3.8) is 0 Å². The average molecular weight is 322 g/mol. The first-order valence-electron chi connectivity index (χ1n) is 5.28. The van der Waals surface area contributed by atoms with Crippen molar-refractivity contribution < 1.29 is 23.1 Å². The Labute approximate surface area is 120 Å². The van der Waals surface area contributed by atoms with Crippen LogP contribution in [0.25, 0.3) is 0 Å². The van der Waals surface area contributed by atoms with Gasteiger partial charge in [0.25, 0.3) is 0 Å². The molecule has 1 aromatic carbocycles. The zero-order valence-electron chi connectivity index (χ0n) is 10.1. The van der Waals surface area contributed by atoms with Crippen molar-refractivity contribution in [1.82, 2.24) is 5.32 Å². The fraction of sp³-hybridized carbons (Fsp3) is 0.200. The molecule has 0 saturated carbocycles. The smallest absolute Gasteiger partial charge is 0.339 e. The van der Waals surface area contributed by atoms with Crippen LogP contribution in [0, 0.1) is 0 Å². The van der Waals surface area contributed by atoms with Gasteiger partial charge < -0.3 is 15.7 Å². The Kier molecular flexibility index (Phi) is 5.31. The van der Waals surface area contributed by atoms with Crippen LogP contribution in [-0.2, 0) is 10.0 Å². The lowest BCUT2D eigenvalue weighted by atomic mass is 10.2. The molecule has 0 aromatic heterocycles. The maximum absolute atomic E-state index is 11.5. The van der Waals surface area contributed by atoms with Gasteiger partial charge in [-0.05, 0) is 12.1 Å². The van der Waals surface area contributed by atoms with Crippen LogP contribution >= 0.6 is 11.6 Å². The second-order valence-electron chi connectivity index (χ2n) is 3.72. The monoisotopic (exact) mass is 321 g/mol. The molecule has 1 aromatic rings. The van der Waals surface area contributed by atoms with Crippen molar-refractivity contribution >= 4 is 39.3 Å². The first-order valence-corrected chi connectivity index (χ1v) is 7.37. The quantitative estimate of drug-likeness (QED) is 0.623. The van der Waals surface area contributed by atoms with E-state index in [0.29, 0.717) is 0 Å². The van der Waals surface area contributed by atoms with E-state index >= 15 is 0 Å². The summed E-state index contributed by atoms with van der Waals surface area (Å²) in [5.74, 6) is -1.72. The molecule has 0 heterocycles. The van der Waals surface area contributed by atoms with Gasteiger partial charge in [0, 0.05) is 6.54 Å². The third kappa shape index (κ3) is 5.03. The van der Waals surface area contributed by atoms with Crippen molar-refractivity contribution in [3.05, 3.63) is 28.8 Å². The summed E-state index contributed by atoms with van der Waals surface area (Å²) in [5, 5.41) is 18.2. The lowest BCUT2D eigenvalue weighted by molar-refractivity contribution is 0.0698. The summed E-state index contributed by atoms with van der Waals surface area (Å²) in [6.45, 7) is -0.201. The number of nitrogens with one attached hydrogen (secondary N) is 2. The zero-order valence-corrected chi connectivity index (χ0v) is 11.7. The topological polar surface area (TPSA) is 139 Å². The summed E-state index contributed by atoms with van der Waals surface area (Å²) in [6, 6.07) is 3.43. The minimum Gasteiger partial charge on any atom is -0.478 e. The molecule has 8 nitrogen and oxygen atoms in total. The Morgan fingerprint density at radius 3 is 2.55 bits per heavy atom. The lowest BCUT2D eigenvalue weighted by Gasteiger charge is -2.10. The number of carboxylic acid groups (broad SMARTS) is 1. The molecule has 0 radical (unpaired) electrons. The second-order valence-corrected chi connectivity index (χ2v) is 5.86. The molecule has 0 spiro atoms. The van der Waals surface area contributed by atoms with Crippen LogP contribution in [0.2, 0.25) is 5.02 Å². The molecule has 0 unspecified atom stereocenters. The van der Waals surface area contributed by atoms with Crippen LogP contribution in [0.15, 0.2) is 18.2 Å². The molecular formula is C10H12ClN3O5S. The summed E-state index contributed by atoms with van der Waals surface area (Å²) < 4.78 is 21.3. The van der Waals surface area contributed by atoms with Crippen molar-refractivity contribution in [2.45, 2.75) is 0 Å². The van der Waals surface area contributed by atoms with E-state index < -0.39 is 27.8 Å². The van der Waals surface area contributed by atoms with Gasteiger partial charge in [-0.15, -0.1) is 0 Å². The van der Waals surface area contributed by atoms with Gasteiger partial charge in [-0.3, -0.25) is 0 Å². The Morgan fingerprint density at radius 2 is 2.00 bits per heavy atom. The minimum absolute atomic E-state index is 0.00175. The summed E-state index contributed by atoms with van der Waals surface area (Å²) >= 11 is 5.72. The van der Waals surface area contributed by atoms with E-state index in [1.807, 2.05) is 0 Å². The highest BCUT2D eigenvalue weighted by molar-refractivity contribution is 7.89. The SMILES string of the molecule is NS(=O)(=O)CCNC(=O)Nc1cccc(Cl)c1C(=O)O. The van der Waals surface area contributed by atoms with E-state index in [0.717, 1.165) is 0 Å². The fourth-order valence-electron chi connectivity index (χ4n) is 1.32. The van der Waals surface area contributed by atoms with Gasteiger partial charge in [0.05, 0.1) is 16.5 Å². The number of amides is 2. The third-order valence-electron chi connectivity index (χ3n) is 2.15.